The smallest absolute Gasteiger partial charge is 0.229 e. The average molecular weight is 418 g/mol. The van der Waals surface area contributed by atoms with Gasteiger partial charge in [0.2, 0.25) is 5.91 Å². The molecule has 31 heavy (non-hydrogen) atoms. The highest BCUT2D eigenvalue weighted by molar-refractivity contribution is 5.93. The fourth-order valence-corrected chi connectivity index (χ4v) is 3.75. The third-order valence-electron chi connectivity index (χ3n) is 5.49. The van der Waals surface area contributed by atoms with Crippen LogP contribution in [0.2, 0.25) is 0 Å². The standard InChI is InChI=1S/C24H26N4O3/c1-30-20-10-8-17(9-11-20)22-12-13-23(27-26-22)28-14-4-5-18(16-28)24(29)25-19-6-3-7-21(15-19)31-2/h3,6-13,15,18H,4-5,14,16H2,1-2H3,(H,25,29). The van der Waals surface area contributed by atoms with E-state index in [0.717, 1.165) is 53.6 Å². The van der Waals surface area contributed by atoms with Gasteiger partial charge in [0.1, 0.15) is 11.5 Å². The number of amides is 1. The molecule has 0 saturated carbocycles. The predicted octanol–water partition coefficient (Wildman–Crippen LogP) is 4.02. The van der Waals surface area contributed by atoms with Crippen molar-refractivity contribution in [2.75, 3.05) is 37.5 Å². The molecular formula is C24H26N4O3. The van der Waals surface area contributed by atoms with E-state index in [4.69, 9.17) is 9.47 Å². The highest BCUT2D eigenvalue weighted by atomic mass is 16.5. The molecule has 1 unspecified atom stereocenters. The highest BCUT2D eigenvalue weighted by Gasteiger charge is 2.27. The Labute approximate surface area is 182 Å². The van der Waals surface area contributed by atoms with Crippen LogP contribution in [0, 0.1) is 5.92 Å². The third-order valence-corrected chi connectivity index (χ3v) is 5.49. The molecule has 1 aliphatic heterocycles. The maximum absolute atomic E-state index is 12.8. The van der Waals surface area contributed by atoms with Crippen molar-refractivity contribution in [1.29, 1.82) is 0 Å². The van der Waals surface area contributed by atoms with Crippen LogP contribution in [0.25, 0.3) is 11.3 Å². The Kier molecular flexibility index (Phi) is 6.31. The highest BCUT2D eigenvalue weighted by Crippen LogP contribution is 2.26. The number of nitrogens with one attached hydrogen (secondary N) is 1. The fourth-order valence-electron chi connectivity index (χ4n) is 3.75. The molecule has 1 amide bonds. The van der Waals surface area contributed by atoms with Crippen molar-refractivity contribution in [3.8, 4) is 22.8 Å². The molecule has 1 aliphatic rings. The number of piperidine rings is 1. The lowest BCUT2D eigenvalue weighted by Gasteiger charge is -2.32. The van der Waals surface area contributed by atoms with Gasteiger partial charge < -0.3 is 19.7 Å². The molecule has 1 saturated heterocycles. The van der Waals surface area contributed by atoms with E-state index < -0.39 is 0 Å². The zero-order valence-electron chi connectivity index (χ0n) is 17.7. The summed E-state index contributed by atoms with van der Waals surface area (Å²) in [7, 11) is 3.26. The summed E-state index contributed by atoms with van der Waals surface area (Å²) < 4.78 is 10.4. The predicted molar refractivity (Wildman–Crippen MR) is 121 cm³/mol. The number of aromatic nitrogens is 2. The molecule has 0 aliphatic carbocycles. The van der Waals surface area contributed by atoms with Gasteiger partial charge in [-0.2, -0.15) is 0 Å². The molecule has 1 N–H and O–H groups in total. The molecule has 1 fully saturated rings. The van der Waals surface area contributed by atoms with Crippen molar-refractivity contribution in [3.05, 3.63) is 60.7 Å². The number of ether oxygens (including phenoxy) is 2. The number of nitrogens with zero attached hydrogens (tertiary/aromatic N) is 3. The summed E-state index contributed by atoms with van der Waals surface area (Å²) in [6.45, 7) is 1.48. The van der Waals surface area contributed by atoms with Crippen molar-refractivity contribution < 1.29 is 14.3 Å². The molecule has 0 radical (unpaired) electrons. The van der Waals surface area contributed by atoms with Crippen molar-refractivity contribution >= 4 is 17.4 Å². The summed E-state index contributed by atoms with van der Waals surface area (Å²) >= 11 is 0. The number of carbonyl (C=O) groups is 1. The minimum absolute atomic E-state index is 0.0146. The Bertz CT molecular complexity index is 1020. The maximum Gasteiger partial charge on any atom is 0.229 e. The van der Waals surface area contributed by atoms with Gasteiger partial charge in [-0.15, -0.1) is 10.2 Å². The third kappa shape index (κ3) is 4.94. The van der Waals surface area contributed by atoms with Gasteiger partial charge in [-0.05, 0) is 61.4 Å². The van der Waals surface area contributed by atoms with E-state index in [-0.39, 0.29) is 11.8 Å². The lowest BCUT2D eigenvalue weighted by molar-refractivity contribution is -0.120. The van der Waals surface area contributed by atoms with Crippen molar-refractivity contribution in [1.82, 2.24) is 10.2 Å². The van der Waals surface area contributed by atoms with E-state index in [1.165, 1.54) is 0 Å². The number of carbonyl (C=O) groups excluding carboxylic acids is 1. The molecule has 2 aromatic carbocycles. The quantitative estimate of drug-likeness (QED) is 0.652. The fraction of sp³-hybridized carbons (Fsp3) is 0.292. The Balaban J connectivity index is 1.41. The van der Waals surface area contributed by atoms with Crippen LogP contribution in [0.3, 0.4) is 0 Å². The first-order chi connectivity index (χ1) is 15.2. The van der Waals surface area contributed by atoms with Gasteiger partial charge in [0.25, 0.3) is 0 Å². The number of benzene rings is 2. The number of rotatable bonds is 6. The summed E-state index contributed by atoms with van der Waals surface area (Å²) in [5.74, 6) is 2.22. The van der Waals surface area contributed by atoms with Crippen LogP contribution in [-0.4, -0.2) is 43.4 Å². The zero-order valence-corrected chi connectivity index (χ0v) is 17.7. The van der Waals surface area contributed by atoms with Crippen LogP contribution < -0.4 is 19.7 Å². The minimum Gasteiger partial charge on any atom is -0.497 e. The van der Waals surface area contributed by atoms with Crippen LogP contribution in [-0.2, 0) is 4.79 Å². The Hall–Kier alpha value is -3.61. The molecule has 1 atom stereocenters. The second kappa shape index (κ2) is 9.47. The lowest BCUT2D eigenvalue weighted by Crippen LogP contribution is -2.41. The van der Waals surface area contributed by atoms with Crippen LogP contribution in [0.1, 0.15) is 12.8 Å². The monoisotopic (exact) mass is 418 g/mol. The number of hydrogen-bond acceptors (Lipinski definition) is 6. The van der Waals surface area contributed by atoms with Gasteiger partial charge in [0.15, 0.2) is 5.82 Å². The van der Waals surface area contributed by atoms with Crippen LogP contribution in [0.15, 0.2) is 60.7 Å². The first kappa shape index (κ1) is 20.7. The molecule has 3 aromatic rings. The van der Waals surface area contributed by atoms with Gasteiger partial charge in [-0.25, -0.2) is 0 Å². The SMILES string of the molecule is COc1ccc(-c2ccc(N3CCCC(C(=O)Nc4cccc(OC)c4)C3)nn2)cc1. The number of methoxy groups -OCH3 is 2. The first-order valence-electron chi connectivity index (χ1n) is 10.3. The molecule has 0 spiro atoms. The van der Waals surface area contributed by atoms with E-state index in [9.17, 15) is 4.79 Å². The molecule has 0 bridgehead atoms. The minimum atomic E-state index is -0.108. The van der Waals surface area contributed by atoms with Crippen LogP contribution in [0.5, 0.6) is 11.5 Å². The van der Waals surface area contributed by atoms with Crippen LogP contribution >= 0.6 is 0 Å². The molecule has 2 heterocycles. The zero-order chi connectivity index (χ0) is 21.6. The number of hydrogen-bond donors (Lipinski definition) is 1. The molecule has 7 nitrogen and oxygen atoms in total. The van der Waals surface area contributed by atoms with E-state index in [1.54, 1.807) is 14.2 Å². The Morgan fingerprint density at radius 1 is 1.00 bits per heavy atom. The van der Waals surface area contributed by atoms with E-state index in [1.807, 2.05) is 60.7 Å². The first-order valence-corrected chi connectivity index (χ1v) is 10.3. The molecule has 4 rings (SSSR count). The van der Waals surface area contributed by atoms with Crippen molar-refractivity contribution in [2.24, 2.45) is 5.92 Å². The van der Waals surface area contributed by atoms with Crippen molar-refractivity contribution in [2.45, 2.75) is 12.8 Å². The summed E-state index contributed by atoms with van der Waals surface area (Å²) in [6.07, 6.45) is 1.78. The number of anilines is 2. The van der Waals surface area contributed by atoms with Gasteiger partial charge in [0, 0.05) is 30.4 Å². The van der Waals surface area contributed by atoms with Crippen LogP contribution in [0.4, 0.5) is 11.5 Å². The molecule has 160 valence electrons. The summed E-state index contributed by atoms with van der Waals surface area (Å²) in [5.41, 5.74) is 2.52. The van der Waals surface area contributed by atoms with E-state index in [0.29, 0.717) is 6.54 Å². The molecule has 1 aromatic heterocycles. The van der Waals surface area contributed by atoms with Gasteiger partial charge in [-0.1, -0.05) is 6.07 Å². The molecule has 7 heteroatoms. The molecular weight excluding hydrogens is 392 g/mol. The second-order valence-corrected chi connectivity index (χ2v) is 7.51. The normalized spacial score (nSPS) is 15.9. The van der Waals surface area contributed by atoms with E-state index in [2.05, 4.69) is 20.4 Å². The van der Waals surface area contributed by atoms with Gasteiger partial charge in [0.05, 0.1) is 25.8 Å². The summed E-state index contributed by atoms with van der Waals surface area (Å²) in [4.78, 5) is 14.9. The average Bonchev–Trinajstić information content (AvgIpc) is 2.84. The Morgan fingerprint density at radius 2 is 1.81 bits per heavy atom. The van der Waals surface area contributed by atoms with Crippen molar-refractivity contribution in [3.63, 3.8) is 0 Å². The van der Waals surface area contributed by atoms with Gasteiger partial charge >= 0.3 is 0 Å². The maximum atomic E-state index is 12.8. The lowest BCUT2D eigenvalue weighted by atomic mass is 9.97. The topological polar surface area (TPSA) is 76.6 Å². The summed E-state index contributed by atoms with van der Waals surface area (Å²) in [5, 5.41) is 11.8. The largest absolute Gasteiger partial charge is 0.497 e. The summed E-state index contributed by atoms with van der Waals surface area (Å²) in [6, 6.07) is 19.1. The Morgan fingerprint density at radius 3 is 2.52 bits per heavy atom. The van der Waals surface area contributed by atoms with E-state index >= 15 is 0 Å². The second-order valence-electron chi connectivity index (χ2n) is 7.51. The van der Waals surface area contributed by atoms with Gasteiger partial charge in [-0.3, -0.25) is 4.79 Å².